The summed E-state index contributed by atoms with van der Waals surface area (Å²) in [6.07, 6.45) is 1.25. The molecule has 0 aliphatic rings. The van der Waals surface area contributed by atoms with Gasteiger partial charge in [0.05, 0.1) is 4.92 Å². The molecule has 0 aliphatic carbocycles. The number of rotatable bonds is 5. The van der Waals surface area contributed by atoms with Crippen molar-refractivity contribution in [1.29, 1.82) is 0 Å². The Hall–Kier alpha value is -2.64. The first kappa shape index (κ1) is 17.2. The standard InChI is InChI=1S/C17H12ClN3O3S/c1-11-9-12(7-8-14(11)18)24-16-15(21(22)23)17(20-10-19-16)25-13-5-3-2-4-6-13/h2-10H,1H3. The monoisotopic (exact) mass is 373 g/mol. The van der Waals surface area contributed by atoms with E-state index in [-0.39, 0.29) is 16.6 Å². The van der Waals surface area contributed by atoms with E-state index < -0.39 is 4.92 Å². The quantitative estimate of drug-likeness (QED) is 0.343. The maximum atomic E-state index is 11.6. The van der Waals surface area contributed by atoms with Crippen molar-refractivity contribution in [3.63, 3.8) is 0 Å². The summed E-state index contributed by atoms with van der Waals surface area (Å²) in [6, 6.07) is 14.3. The van der Waals surface area contributed by atoms with Gasteiger partial charge in [-0.15, -0.1) is 0 Å². The Labute approximate surface area is 153 Å². The highest BCUT2D eigenvalue weighted by Crippen LogP contribution is 2.39. The fraction of sp³-hybridized carbons (Fsp3) is 0.0588. The molecule has 6 nitrogen and oxygen atoms in total. The van der Waals surface area contributed by atoms with E-state index >= 15 is 0 Å². The molecular formula is C17H12ClN3O3S. The maximum Gasteiger partial charge on any atom is 0.363 e. The summed E-state index contributed by atoms with van der Waals surface area (Å²) in [7, 11) is 0. The van der Waals surface area contributed by atoms with Crippen LogP contribution in [0.25, 0.3) is 0 Å². The van der Waals surface area contributed by atoms with Gasteiger partial charge in [-0.3, -0.25) is 10.1 Å². The van der Waals surface area contributed by atoms with Crippen molar-refractivity contribution in [2.24, 2.45) is 0 Å². The molecule has 1 heterocycles. The van der Waals surface area contributed by atoms with Crippen LogP contribution in [0.2, 0.25) is 5.02 Å². The predicted molar refractivity (Wildman–Crippen MR) is 95.5 cm³/mol. The van der Waals surface area contributed by atoms with E-state index in [4.69, 9.17) is 16.3 Å². The minimum atomic E-state index is -0.538. The van der Waals surface area contributed by atoms with Crippen molar-refractivity contribution in [3.8, 4) is 11.6 Å². The van der Waals surface area contributed by atoms with Crippen LogP contribution in [0.3, 0.4) is 0 Å². The summed E-state index contributed by atoms with van der Waals surface area (Å²) < 4.78 is 5.62. The van der Waals surface area contributed by atoms with Gasteiger partial charge < -0.3 is 4.74 Å². The van der Waals surface area contributed by atoms with Gasteiger partial charge in [0.1, 0.15) is 12.1 Å². The Morgan fingerprint density at radius 3 is 2.60 bits per heavy atom. The second kappa shape index (κ2) is 7.50. The van der Waals surface area contributed by atoms with Crippen LogP contribution in [0.15, 0.2) is 64.8 Å². The van der Waals surface area contributed by atoms with Gasteiger partial charge in [0.15, 0.2) is 5.03 Å². The summed E-state index contributed by atoms with van der Waals surface area (Å²) in [5.74, 6) is 0.305. The topological polar surface area (TPSA) is 78.2 Å². The number of nitro groups is 1. The molecule has 0 amide bonds. The van der Waals surface area contributed by atoms with Gasteiger partial charge in [-0.2, -0.15) is 4.98 Å². The first-order valence-corrected chi connectivity index (χ1v) is 8.40. The lowest BCUT2D eigenvalue weighted by Crippen LogP contribution is -2.00. The van der Waals surface area contributed by atoms with Crippen LogP contribution < -0.4 is 4.74 Å². The molecule has 0 spiro atoms. The van der Waals surface area contributed by atoms with E-state index in [1.54, 1.807) is 18.2 Å². The summed E-state index contributed by atoms with van der Waals surface area (Å²) >= 11 is 7.17. The van der Waals surface area contributed by atoms with Crippen LogP contribution in [0.4, 0.5) is 5.69 Å². The normalized spacial score (nSPS) is 10.5. The molecule has 0 unspecified atom stereocenters. The second-order valence-electron chi connectivity index (χ2n) is 5.02. The lowest BCUT2D eigenvalue weighted by molar-refractivity contribution is -0.389. The van der Waals surface area contributed by atoms with Crippen LogP contribution in [0, 0.1) is 17.0 Å². The smallest absolute Gasteiger partial charge is 0.363 e. The number of hydrogen-bond donors (Lipinski definition) is 0. The number of aromatic nitrogens is 2. The Balaban J connectivity index is 1.97. The lowest BCUT2D eigenvalue weighted by Gasteiger charge is -2.08. The molecule has 1 aromatic heterocycles. The van der Waals surface area contributed by atoms with Gasteiger partial charge in [-0.1, -0.05) is 41.6 Å². The third kappa shape index (κ3) is 4.07. The van der Waals surface area contributed by atoms with Crippen molar-refractivity contribution >= 4 is 29.1 Å². The lowest BCUT2D eigenvalue weighted by atomic mass is 10.2. The third-order valence-electron chi connectivity index (χ3n) is 3.24. The molecule has 0 fully saturated rings. The van der Waals surface area contributed by atoms with Gasteiger partial charge in [-0.05, 0) is 42.8 Å². The molecule has 126 valence electrons. The van der Waals surface area contributed by atoms with Gasteiger partial charge in [0.2, 0.25) is 0 Å². The fourth-order valence-electron chi connectivity index (χ4n) is 2.05. The average Bonchev–Trinajstić information content (AvgIpc) is 2.59. The Morgan fingerprint density at radius 1 is 1.16 bits per heavy atom. The zero-order chi connectivity index (χ0) is 17.8. The van der Waals surface area contributed by atoms with Crippen molar-refractivity contribution in [1.82, 2.24) is 9.97 Å². The van der Waals surface area contributed by atoms with E-state index in [0.29, 0.717) is 10.8 Å². The molecule has 3 rings (SSSR count). The highest BCUT2D eigenvalue weighted by atomic mass is 35.5. The summed E-state index contributed by atoms with van der Waals surface area (Å²) in [6.45, 7) is 1.82. The predicted octanol–water partition coefficient (Wildman–Crippen LogP) is 5.29. The number of ether oxygens (including phenoxy) is 1. The SMILES string of the molecule is Cc1cc(Oc2ncnc(Sc3ccccc3)c2[N+](=O)[O-])ccc1Cl. The van der Waals surface area contributed by atoms with Crippen LogP contribution in [0.5, 0.6) is 11.6 Å². The average molecular weight is 374 g/mol. The molecule has 0 saturated carbocycles. The van der Waals surface area contributed by atoms with Crippen LogP contribution in [-0.2, 0) is 0 Å². The van der Waals surface area contributed by atoms with Crippen molar-refractivity contribution in [3.05, 3.63) is 75.6 Å². The Kier molecular flexibility index (Phi) is 5.16. The molecule has 0 saturated heterocycles. The Morgan fingerprint density at radius 2 is 1.92 bits per heavy atom. The van der Waals surface area contributed by atoms with Crippen LogP contribution >= 0.6 is 23.4 Å². The van der Waals surface area contributed by atoms with Crippen LogP contribution in [-0.4, -0.2) is 14.9 Å². The number of benzene rings is 2. The Bertz CT molecular complexity index is 922. The van der Waals surface area contributed by atoms with E-state index in [2.05, 4.69) is 9.97 Å². The first-order chi connectivity index (χ1) is 12.0. The van der Waals surface area contributed by atoms with Crippen molar-refractivity contribution in [2.45, 2.75) is 16.8 Å². The van der Waals surface area contributed by atoms with E-state index in [1.807, 2.05) is 37.3 Å². The van der Waals surface area contributed by atoms with Crippen LogP contribution in [0.1, 0.15) is 5.56 Å². The van der Waals surface area contributed by atoms with E-state index in [9.17, 15) is 10.1 Å². The van der Waals surface area contributed by atoms with Gasteiger partial charge >= 0.3 is 11.6 Å². The second-order valence-corrected chi connectivity index (χ2v) is 6.49. The molecule has 0 bridgehead atoms. The molecule has 2 aromatic carbocycles. The summed E-state index contributed by atoms with van der Waals surface area (Å²) in [4.78, 5) is 19.8. The summed E-state index contributed by atoms with van der Waals surface area (Å²) in [5, 5.41) is 12.4. The highest BCUT2D eigenvalue weighted by molar-refractivity contribution is 7.99. The molecule has 3 aromatic rings. The number of nitrogens with zero attached hydrogens (tertiary/aromatic N) is 3. The largest absolute Gasteiger partial charge is 0.434 e. The highest BCUT2D eigenvalue weighted by Gasteiger charge is 2.25. The molecule has 0 radical (unpaired) electrons. The summed E-state index contributed by atoms with van der Waals surface area (Å²) in [5.41, 5.74) is 0.527. The van der Waals surface area contributed by atoms with E-state index in [1.165, 1.54) is 18.1 Å². The zero-order valence-corrected chi connectivity index (χ0v) is 14.6. The molecular weight excluding hydrogens is 362 g/mol. The van der Waals surface area contributed by atoms with E-state index in [0.717, 1.165) is 10.5 Å². The van der Waals surface area contributed by atoms with Crippen molar-refractivity contribution in [2.75, 3.05) is 0 Å². The number of aryl methyl sites for hydroxylation is 1. The third-order valence-corrected chi connectivity index (χ3v) is 4.66. The number of hydrogen-bond acceptors (Lipinski definition) is 6. The fourth-order valence-corrected chi connectivity index (χ4v) is 3.04. The minimum Gasteiger partial charge on any atom is -0.434 e. The molecule has 0 atom stereocenters. The minimum absolute atomic E-state index is 0.111. The van der Waals surface area contributed by atoms with Gasteiger partial charge in [0, 0.05) is 9.92 Å². The maximum absolute atomic E-state index is 11.6. The van der Waals surface area contributed by atoms with Crippen molar-refractivity contribution < 1.29 is 9.66 Å². The molecule has 0 aliphatic heterocycles. The number of halogens is 1. The van der Waals surface area contributed by atoms with Gasteiger partial charge in [0.25, 0.3) is 0 Å². The molecule has 0 N–H and O–H groups in total. The molecule has 25 heavy (non-hydrogen) atoms. The zero-order valence-electron chi connectivity index (χ0n) is 13.0. The first-order valence-electron chi connectivity index (χ1n) is 7.21. The molecule has 8 heteroatoms. The van der Waals surface area contributed by atoms with Gasteiger partial charge in [-0.25, -0.2) is 4.98 Å².